The highest BCUT2D eigenvalue weighted by Gasteiger charge is 2.24. The van der Waals surface area contributed by atoms with Crippen LogP contribution in [0.3, 0.4) is 0 Å². The fourth-order valence-corrected chi connectivity index (χ4v) is 2.14. The Hall–Kier alpha value is -0.0400. The van der Waals surface area contributed by atoms with Crippen molar-refractivity contribution in [3.8, 4) is 0 Å². The first-order valence-electron chi connectivity index (χ1n) is 5.83. The van der Waals surface area contributed by atoms with Gasteiger partial charge in [-0.05, 0) is 25.3 Å². The number of nitrogens with zero attached hydrogens (tertiary/aromatic N) is 2. The predicted octanol–water partition coefficient (Wildman–Crippen LogP) is 1.26. The number of hydrogen-bond acceptors (Lipinski definition) is 2. The Labute approximate surface area is 116 Å². The third-order valence-corrected chi connectivity index (χ3v) is 2.86. The molecule has 0 aromatic heterocycles. The van der Waals surface area contributed by atoms with Gasteiger partial charge in [0.1, 0.15) is 0 Å². The van der Waals surface area contributed by atoms with Gasteiger partial charge >= 0.3 is 0 Å². The zero-order valence-corrected chi connectivity index (χ0v) is 12.9. The van der Waals surface area contributed by atoms with Gasteiger partial charge in [-0.1, -0.05) is 13.8 Å². The van der Waals surface area contributed by atoms with Crippen molar-refractivity contribution in [1.29, 1.82) is 0 Å². The molecule has 1 heterocycles. The van der Waals surface area contributed by atoms with Gasteiger partial charge in [0.2, 0.25) is 0 Å². The van der Waals surface area contributed by atoms with Crippen molar-refractivity contribution in [3.05, 3.63) is 0 Å². The van der Waals surface area contributed by atoms with Crippen LogP contribution in [0.4, 0.5) is 0 Å². The summed E-state index contributed by atoms with van der Waals surface area (Å²) in [6.45, 7) is 7.88. The van der Waals surface area contributed by atoms with E-state index in [0.717, 1.165) is 12.5 Å². The second kappa shape index (κ2) is 8.11. The standard InChI is InChI=1S/C11H24N4.HI/c1-9(2)8-15-6-4-5-10(15)7-14-11(12)13-3;/h9-10H,4-8H2,1-3H3,(H3,12,13,14);1H/t10-;/m1./s1. The van der Waals surface area contributed by atoms with Crippen LogP contribution in [0.2, 0.25) is 0 Å². The summed E-state index contributed by atoms with van der Waals surface area (Å²) >= 11 is 0. The van der Waals surface area contributed by atoms with Crippen LogP contribution in [0.25, 0.3) is 0 Å². The third kappa shape index (κ3) is 5.34. The number of hydrogen-bond donors (Lipinski definition) is 2. The molecule has 0 saturated carbocycles. The molecule has 1 rings (SSSR count). The molecule has 0 amide bonds. The van der Waals surface area contributed by atoms with Gasteiger partial charge in [0.05, 0.1) is 0 Å². The molecule has 0 radical (unpaired) electrons. The summed E-state index contributed by atoms with van der Waals surface area (Å²) in [6.07, 6.45) is 2.58. The summed E-state index contributed by atoms with van der Waals surface area (Å²) < 4.78 is 0. The van der Waals surface area contributed by atoms with Crippen molar-refractivity contribution in [2.75, 3.05) is 26.7 Å². The lowest BCUT2D eigenvalue weighted by atomic mass is 10.1. The number of aliphatic imine (C=N–C) groups is 1. The number of halogens is 1. The Bertz CT molecular complexity index is 218. The van der Waals surface area contributed by atoms with E-state index in [1.165, 1.54) is 25.9 Å². The average Bonchev–Trinajstić information content (AvgIpc) is 2.61. The van der Waals surface area contributed by atoms with Gasteiger partial charge < -0.3 is 11.1 Å². The molecule has 0 bridgehead atoms. The maximum atomic E-state index is 5.62. The maximum absolute atomic E-state index is 5.62. The van der Waals surface area contributed by atoms with Crippen molar-refractivity contribution in [2.45, 2.75) is 32.7 Å². The van der Waals surface area contributed by atoms with Gasteiger partial charge in [0.15, 0.2) is 5.96 Å². The molecule has 1 aliphatic heterocycles. The lowest BCUT2D eigenvalue weighted by molar-refractivity contribution is 0.227. The van der Waals surface area contributed by atoms with Crippen LogP contribution in [-0.2, 0) is 0 Å². The highest BCUT2D eigenvalue weighted by Crippen LogP contribution is 2.17. The topological polar surface area (TPSA) is 53.6 Å². The summed E-state index contributed by atoms with van der Waals surface area (Å²) in [4.78, 5) is 6.46. The minimum absolute atomic E-state index is 0. The van der Waals surface area contributed by atoms with Gasteiger partial charge in [0, 0.05) is 26.2 Å². The maximum Gasteiger partial charge on any atom is 0.188 e. The van der Waals surface area contributed by atoms with Crippen LogP contribution < -0.4 is 11.1 Å². The van der Waals surface area contributed by atoms with E-state index in [2.05, 4.69) is 29.1 Å². The van der Waals surface area contributed by atoms with Crippen LogP contribution in [0.15, 0.2) is 4.99 Å². The zero-order valence-electron chi connectivity index (χ0n) is 10.6. The van der Waals surface area contributed by atoms with Crippen LogP contribution in [0.5, 0.6) is 0 Å². The van der Waals surface area contributed by atoms with Crippen molar-refractivity contribution >= 4 is 29.9 Å². The Morgan fingerprint density at radius 3 is 2.81 bits per heavy atom. The van der Waals surface area contributed by atoms with Gasteiger partial charge in [-0.15, -0.1) is 24.0 Å². The Balaban J connectivity index is 0.00000225. The van der Waals surface area contributed by atoms with Crippen LogP contribution >= 0.6 is 24.0 Å². The van der Waals surface area contributed by atoms with E-state index in [1.54, 1.807) is 7.05 Å². The van der Waals surface area contributed by atoms with Gasteiger partial charge in [-0.25, -0.2) is 0 Å². The molecule has 1 aliphatic rings. The van der Waals surface area contributed by atoms with Gasteiger partial charge in [-0.3, -0.25) is 9.89 Å². The van der Waals surface area contributed by atoms with E-state index in [4.69, 9.17) is 5.73 Å². The minimum atomic E-state index is 0. The molecule has 0 spiro atoms. The van der Waals surface area contributed by atoms with Crippen LogP contribution in [0.1, 0.15) is 26.7 Å². The molecule has 1 fully saturated rings. The molecule has 0 aromatic rings. The Morgan fingerprint density at radius 2 is 2.25 bits per heavy atom. The molecule has 96 valence electrons. The summed E-state index contributed by atoms with van der Waals surface area (Å²) in [6, 6.07) is 0.632. The van der Waals surface area contributed by atoms with Gasteiger partial charge in [0.25, 0.3) is 0 Å². The van der Waals surface area contributed by atoms with E-state index >= 15 is 0 Å². The predicted molar refractivity (Wildman–Crippen MR) is 80.4 cm³/mol. The van der Waals surface area contributed by atoms with E-state index < -0.39 is 0 Å². The SMILES string of the molecule is CN=C(N)NC[C@H]1CCCN1CC(C)C.I. The van der Waals surface area contributed by atoms with Crippen molar-refractivity contribution < 1.29 is 0 Å². The second-order valence-electron chi connectivity index (χ2n) is 4.67. The smallest absolute Gasteiger partial charge is 0.188 e. The molecule has 1 atom stereocenters. The fourth-order valence-electron chi connectivity index (χ4n) is 2.14. The molecular weight excluding hydrogens is 315 g/mol. The van der Waals surface area contributed by atoms with Crippen LogP contribution in [0, 0.1) is 5.92 Å². The highest BCUT2D eigenvalue weighted by atomic mass is 127. The van der Waals surface area contributed by atoms with E-state index in [1.807, 2.05) is 0 Å². The van der Waals surface area contributed by atoms with Crippen molar-refractivity contribution in [3.63, 3.8) is 0 Å². The molecular formula is C11H25IN4. The number of rotatable bonds is 4. The minimum Gasteiger partial charge on any atom is -0.370 e. The lowest BCUT2D eigenvalue weighted by Crippen LogP contribution is -2.43. The average molecular weight is 340 g/mol. The van der Waals surface area contributed by atoms with Crippen molar-refractivity contribution in [1.82, 2.24) is 10.2 Å². The van der Waals surface area contributed by atoms with Gasteiger partial charge in [-0.2, -0.15) is 0 Å². The second-order valence-corrected chi connectivity index (χ2v) is 4.67. The first-order chi connectivity index (χ1) is 7.13. The van der Waals surface area contributed by atoms with E-state index in [0.29, 0.717) is 12.0 Å². The quantitative estimate of drug-likeness (QED) is 0.460. The normalized spacial score (nSPS) is 22.2. The van der Waals surface area contributed by atoms with Crippen molar-refractivity contribution in [2.24, 2.45) is 16.6 Å². The summed E-state index contributed by atoms with van der Waals surface area (Å²) in [5.74, 6) is 1.29. The third-order valence-electron chi connectivity index (χ3n) is 2.86. The molecule has 0 aliphatic carbocycles. The Morgan fingerprint density at radius 1 is 1.56 bits per heavy atom. The molecule has 4 nitrogen and oxygen atoms in total. The highest BCUT2D eigenvalue weighted by molar-refractivity contribution is 14.0. The first kappa shape index (κ1) is 16.0. The molecule has 0 unspecified atom stereocenters. The number of nitrogens with one attached hydrogen (secondary N) is 1. The summed E-state index contributed by atoms with van der Waals surface area (Å²) in [7, 11) is 1.71. The molecule has 0 aromatic carbocycles. The van der Waals surface area contributed by atoms with E-state index in [9.17, 15) is 0 Å². The number of likely N-dealkylation sites (tertiary alicyclic amines) is 1. The summed E-state index contributed by atoms with van der Waals surface area (Å²) in [5, 5.41) is 3.16. The lowest BCUT2D eigenvalue weighted by Gasteiger charge is -2.26. The zero-order chi connectivity index (χ0) is 11.3. The van der Waals surface area contributed by atoms with E-state index in [-0.39, 0.29) is 24.0 Å². The first-order valence-corrected chi connectivity index (χ1v) is 5.83. The largest absolute Gasteiger partial charge is 0.370 e. The number of nitrogens with two attached hydrogens (primary N) is 1. The molecule has 1 saturated heterocycles. The Kier molecular flexibility index (Phi) is 8.09. The fraction of sp³-hybridized carbons (Fsp3) is 0.909. The molecule has 16 heavy (non-hydrogen) atoms. The molecule has 5 heteroatoms. The monoisotopic (exact) mass is 340 g/mol. The summed E-state index contributed by atoms with van der Waals surface area (Å²) in [5.41, 5.74) is 5.62. The van der Waals surface area contributed by atoms with Crippen LogP contribution in [-0.4, -0.2) is 43.6 Å². The molecule has 3 N–H and O–H groups in total. The number of guanidine groups is 1.